The summed E-state index contributed by atoms with van der Waals surface area (Å²) in [6, 6.07) is 0. The number of rotatable bonds is 6. The fourth-order valence-corrected chi connectivity index (χ4v) is 2.68. The van der Waals surface area contributed by atoms with Crippen LogP contribution >= 0.6 is 0 Å². The molecule has 7 heteroatoms. The summed E-state index contributed by atoms with van der Waals surface area (Å²) in [5.74, 6) is -2.55. The Morgan fingerprint density at radius 2 is 1.96 bits per heavy atom. The molecular formula is C16H23NO6. The molecule has 1 aliphatic rings. The van der Waals surface area contributed by atoms with Crippen LogP contribution in [-0.2, 0) is 19.1 Å². The molecule has 23 heavy (non-hydrogen) atoms. The number of aliphatic hydroxyl groups excluding tert-OH is 1. The van der Waals surface area contributed by atoms with E-state index in [2.05, 4.69) is 5.32 Å². The molecule has 1 aliphatic carbocycles. The van der Waals surface area contributed by atoms with E-state index in [1.165, 1.54) is 7.11 Å². The molecule has 0 saturated heterocycles. The first-order valence-corrected chi connectivity index (χ1v) is 7.40. The highest BCUT2D eigenvalue weighted by Crippen LogP contribution is 2.41. The summed E-state index contributed by atoms with van der Waals surface area (Å²) in [5, 5.41) is 22.0. The monoisotopic (exact) mass is 325 g/mol. The molecule has 0 aromatic carbocycles. The molecule has 0 spiro atoms. The summed E-state index contributed by atoms with van der Waals surface area (Å²) in [6.45, 7) is 4.83. The minimum Gasteiger partial charge on any atom is -0.507 e. The zero-order valence-corrected chi connectivity index (χ0v) is 13.9. The van der Waals surface area contributed by atoms with Crippen LogP contribution in [0.25, 0.3) is 0 Å². The van der Waals surface area contributed by atoms with Crippen molar-refractivity contribution in [2.45, 2.75) is 40.0 Å². The van der Waals surface area contributed by atoms with Crippen LogP contribution in [0.3, 0.4) is 0 Å². The smallest absolute Gasteiger partial charge is 0.338 e. The Bertz CT molecular complexity index is 585. The van der Waals surface area contributed by atoms with Gasteiger partial charge in [0.2, 0.25) is 0 Å². The molecule has 7 nitrogen and oxygen atoms in total. The van der Waals surface area contributed by atoms with Gasteiger partial charge in [-0.2, -0.15) is 0 Å². The number of carbonyl (C=O) groups is 3. The standard InChI is InChI=1S/C16H23NO6/c1-5-6-9(17-8-11(19)20)12-10(18)7-16(2,3)13(14(12)21)15(22)23-4/h17,21H,5-8H2,1-4H3,(H,19,20). The van der Waals surface area contributed by atoms with Gasteiger partial charge in [0.05, 0.1) is 18.3 Å². The predicted octanol–water partition coefficient (Wildman–Crippen LogP) is 1.70. The van der Waals surface area contributed by atoms with E-state index in [0.717, 1.165) is 0 Å². The molecular weight excluding hydrogens is 302 g/mol. The van der Waals surface area contributed by atoms with Crippen LogP contribution in [0.4, 0.5) is 0 Å². The fourth-order valence-electron chi connectivity index (χ4n) is 2.68. The number of hydrogen-bond donors (Lipinski definition) is 3. The summed E-state index contributed by atoms with van der Waals surface area (Å²) in [5.41, 5.74) is -0.524. The van der Waals surface area contributed by atoms with Crippen LogP contribution in [0, 0.1) is 5.41 Å². The first kappa shape index (κ1) is 18.7. The fraction of sp³-hybridized carbons (Fsp3) is 0.562. The number of allylic oxidation sites excluding steroid dienone is 2. The van der Waals surface area contributed by atoms with Gasteiger partial charge in [-0.15, -0.1) is 0 Å². The lowest BCUT2D eigenvalue weighted by atomic mass is 9.72. The zero-order valence-electron chi connectivity index (χ0n) is 13.9. The quantitative estimate of drug-likeness (QED) is 0.503. The maximum Gasteiger partial charge on any atom is 0.338 e. The number of carboxylic acid groups (broad SMARTS) is 1. The largest absolute Gasteiger partial charge is 0.507 e. The Morgan fingerprint density at radius 1 is 1.35 bits per heavy atom. The van der Waals surface area contributed by atoms with Crippen molar-refractivity contribution in [3.05, 3.63) is 22.6 Å². The molecule has 0 unspecified atom stereocenters. The van der Waals surface area contributed by atoms with Gasteiger partial charge in [-0.25, -0.2) is 4.79 Å². The van der Waals surface area contributed by atoms with Gasteiger partial charge in [0, 0.05) is 17.5 Å². The lowest BCUT2D eigenvalue weighted by Gasteiger charge is -2.32. The lowest BCUT2D eigenvalue weighted by molar-refractivity contribution is -0.138. The number of hydrogen-bond acceptors (Lipinski definition) is 6. The van der Waals surface area contributed by atoms with Crippen LogP contribution in [0.2, 0.25) is 0 Å². The van der Waals surface area contributed by atoms with E-state index in [-0.39, 0.29) is 29.9 Å². The van der Waals surface area contributed by atoms with Crippen LogP contribution in [0.1, 0.15) is 40.0 Å². The molecule has 0 heterocycles. The second-order valence-electron chi connectivity index (χ2n) is 6.05. The normalized spacial score (nSPS) is 19.4. The van der Waals surface area contributed by atoms with Crippen molar-refractivity contribution >= 4 is 17.7 Å². The maximum atomic E-state index is 12.4. The van der Waals surface area contributed by atoms with Gasteiger partial charge in [0.1, 0.15) is 12.3 Å². The molecule has 0 amide bonds. The van der Waals surface area contributed by atoms with Gasteiger partial charge >= 0.3 is 11.9 Å². The van der Waals surface area contributed by atoms with E-state index in [1.54, 1.807) is 13.8 Å². The number of esters is 1. The van der Waals surface area contributed by atoms with E-state index in [9.17, 15) is 19.5 Å². The number of ether oxygens (including phenoxy) is 1. The molecule has 0 aliphatic heterocycles. The van der Waals surface area contributed by atoms with E-state index in [1.807, 2.05) is 6.92 Å². The van der Waals surface area contributed by atoms with Crippen LogP contribution in [0.5, 0.6) is 0 Å². The Hall–Kier alpha value is -2.31. The Labute approximate surface area is 135 Å². The van der Waals surface area contributed by atoms with Crippen LogP contribution in [-0.4, -0.2) is 41.6 Å². The highest BCUT2D eigenvalue weighted by Gasteiger charge is 2.42. The van der Waals surface area contributed by atoms with Crippen molar-refractivity contribution in [1.29, 1.82) is 0 Å². The Balaban J connectivity index is 3.50. The molecule has 0 aromatic rings. The van der Waals surface area contributed by atoms with Gasteiger partial charge in [-0.1, -0.05) is 27.2 Å². The van der Waals surface area contributed by atoms with Crippen molar-refractivity contribution in [1.82, 2.24) is 5.32 Å². The first-order valence-electron chi connectivity index (χ1n) is 7.40. The lowest BCUT2D eigenvalue weighted by Crippen LogP contribution is -2.35. The SMILES string of the molecule is CCCC(NCC(=O)O)=C1C(=O)CC(C)(C)C(C(=O)OC)=C1O. The molecule has 0 atom stereocenters. The van der Waals surface area contributed by atoms with Crippen molar-refractivity contribution < 1.29 is 29.3 Å². The topological polar surface area (TPSA) is 113 Å². The van der Waals surface area contributed by atoms with E-state index in [4.69, 9.17) is 9.84 Å². The number of Topliss-reactive ketones (excluding diaryl/α,β-unsaturated/α-hetero) is 1. The van der Waals surface area contributed by atoms with Crippen molar-refractivity contribution in [2.75, 3.05) is 13.7 Å². The number of nitrogens with one attached hydrogen (secondary N) is 1. The van der Waals surface area contributed by atoms with Crippen LogP contribution < -0.4 is 5.32 Å². The van der Waals surface area contributed by atoms with Crippen molar-refractivity contribution in [2.24, 2.45) is 5.41 Å². The Morgan fingerprint density at radius 3 is 2.43 bits per heavy atom. The summed E-state index contributed by atoms with van der Waals surface area (Å²) in [7, 11) is 1.20. The number of aliphatic carboxylic acids is 1. The molecule has 0 bridgehead atoms. The third kappa shape index (κ3) is 4.12. The van der Waals surface area contributed by atoms with E-state index >= 15 is 0 Å². The number of carboxylic acids is 1. The highest BCUT2D eigenvalue weighted by atomic mass is 16.5. The average Bonchev–Trinajstić information content (AvgIpc) is 2.42. The average molecular weight is 325 g/mol. The number of carbonyl (C=O) groups excluding carboxylic acids is 2. The van der Waals surface area contributed by atoms with Gasteiger partial charge < -0.3 is 20.3 Å². The maximum absolute atomic E-state index is 12.4. The summed E-state index contributed by atoms with van der Waals surface area (Å²) < 4.78 is 4.71. The third-order valence-electron chi connectivity index (χ3n) is 3.68. The van der Waals surface area contributed by atoms with Gasteiger partial charge in [0.15, 0.2) is 5.78 Å². The summed E-state index contributed by atoms with van der Waals surface area (Å²) in [4.78, 5) is 35.2. The Kier molecular flexibility index (Phi) is 5.95. The molecule has 0 saturated carbocycles. The molecule has 128 valence electrons. The second-order valence-corrected chi connectivity index (χ2v) is 6.05. The van der Waals surface area contributed by atoms with E-state index in [0.29, 0.717) is 18.5 Å². The van der Waals surface area contributed by atoms with Crippen molar-refractivity contribution in [3.63, 3.8) is 0 Å². The minimum atomic E-state index is -1.08. The summed E-state index contributed by atoms with van der Waals surface area (Å²) in [6.07, 6.45) is 1.05. The zero-order chi connectivity index (χ0) is 17.8. The molecule has 1 rings (SSSR count). The van der Waals surface area contributed by atoms with Crippen LogP contribution in [0.15, 0.2) is 22.6 Å². The number of ketones is 1. The number of methoxy groups -OCH3 is 1. The summed E-state index contributed by atoms with van der Waals surface area (Å²) >= 11 is 0. The molecule has 3 N–H and O–H groups in total. The van der Waals surface area contributed by atoms with Gasteiger partial charge in [-0.3, -0.25) is 9.59 Å². The highest BCUT2D eigenvalue weighted by molar-refractivity contribution is 6.06. The molecule has 0 aromatic heterocycles. The second kappa shape index (κ2) is 7.30. The first-order chi connectivity index (χ1) is 10.7. The van der Waals surface area contributed by atoms with E-state index < -0.39 is 23.1 Å². The molecule has 0 radical (unpaired) electrons. The van der Waals surface area contributed by atoms with Gasteiger partial charge in [-0.05, 0) is 6.42 Å². The third-order valence-corrected chi connectivity index (χ3v) is 3.68. The number of aliphatic hydroxyl groups is 1. The minimum absolute atomic E-state index is 0.0205. The molecule has 0 fully saturated rings. The van der Waals surface area contributed by atoms with Gasteiger partial charge in [0.25, 0.3) is 0 Å². The predicted molar refractivity (Wildman–Crippen MR) is 82.6 cm³/mol. The van der Waals surface area contributed by atoms with Crippen molar-refractivity contribution in [3.8, 4) is 0 Å².